The zero-order valence-corrected chi connectivity index (χ0v) is 14.0. The molecule has 3 N–H and O–H groups in total. The quantitative estimate of drug-likeness (QED) is 0.673. The van der Waals surface area contributed by atoms with Gasteiger partial charge in [0.1, 0.15) is 5.75 Å². The van der Waals surface area contributed by atoms with Crippen LogP contribution in [0.15, 0.2) is 36.4 Å². The summed E-state index contributed by atoms with van der Waals surface area (Å²) in [6, 6.07) is 7.68. The number of alkyl halides is 3. The Morgan fingerprint density at radius 3 is 2.16 bits per heavy atom. The first-order chi connectivity index (χ1) is 11.3. The summed E-state index contributed by atoms with van der Waals surface area (Å²) in [7, 11) is 1.62. The fraction of sp³-hybridized carbons (Fsp3) is 0.375. The molecule has 0 unspecified atom stereocenters. The minimum absolute atomic E-state index is 0.144. The van der Waals surface area contributed by atoms with E-state index in [0.717, 1.165) is 11.3 Å². The zero-order chi connectivity index (χ0) is 19.8. The van der Waals surface area contributed by atoms with E-state index in [4.69, 9.17) is 19.7 Å². The van der Waals surface area contributed by atoms with E-state index in [0.29, 0.717) is 0 Å². The molecule has 0 heterocycles. The molecule has 0 saturated carbocycles. The van der Waals surface area contributed by atoms with E-state index in [2.05, 4.69) is 11.9 Å². The highest BCUT2D eigenvalue weighted by Crippen LogP contribution is 2.24. The Morgan fingerprint density at radius 2 is 1.76 bits per heavy atom. The van der Waals surface area contributed by atoms with Crippen LogP contribution in [0.1, 0.15) is 19.4 Å². The summed E-state index contributed by atoms with van der Waals surface area (Å²) in [6.07, 6.45) is -5.08. The monoisotopic (exact) mass is 363 g/mol. The van der Waals surface area contributed by atoms with E-state index < -0.39 is 18.1 Å². The van der Waals surface area contributed by atoms with Crippen molar-refractivity contribution >= 4 is 11.9 Å². The zero-order valence-electron chi connectivity index (χ0n) is 14.0. The van der Waals surface area contributed by atoms with E-state index >= 15 is 0 Å². The number of benzene rings is 1. The van der Waals surface area contributed by atoms with Gasteiger partial charge in [-0.05, 0) is 31.5 Å². The van der Waals surface area contributed by atoms with Crippen LogP contribution in [0.5, 0.6) is 5.75 Å². The van der Waals surface area contributed by atoms with Gasteiger partial charge >= 0.3 is 18.1 Å². The van der Waals surface area contributed by atoms with Gasteiger partial charge in [0, 0.05) is 17.7 Å². The maximum atomic E-state index is 10.7. The minimum atomic E-state index is -5.08. The fourth-order valence-corrected chi connectivity index (χ4v) is 1.52. The summed E-state index contributed by atoms with van der Waals surface area (Å²) in [6.45, 7) is 7.70. The lowest BCUT2D eigenvalue weighted by Gasteiger charge is -2.27. The van der Waals surface area contributed by atoms with Crippen LogP contribution in [-0.2, 0) is 15.1 Å². The Morgan fingerprint density at radius 1 is 1.24 bits per heavy atom. The molecular weight excluding hydrogens is 343 g/mol. The molecule has 0 atom stereocenters. The second kappa shape index (κ2) is 9.07. The highest BCUT2D eigenvalue weighted by Gasteiger charge is 2.38. The van der Waals surface area contributed by atoms with E-state index in [9.17, 15) is 18.0 Å². The number of halogens is 3. The number of ether oxygens (including phenoxy) is 1. The van der Waals surface area contributed by atoms with Crippen LogP contribution < -0.4 is 10.1 Å². The van der Waals surface area contributed by atoms with Gasteiger partial charge in [0.25, 0.3) is 0 Å². The largest absolute Gasteiger partial charge is 0.497 e. The van der Waals surface area contributed by atoms with Crippen molar-refractivity contribution in [2.45, 2.75) is 25.6 Å². The van der Waals surface area contributed by atoms with Crippen molar-refractivity contribution in [3.63, 3.8) is 0 Å². The molecule has 0 saturated heterocycles. The number of aliphatic carboxylic acids is 2. The van der Waals surface area contributed by atoms with Crippen LogP contribution in [-0.4, -0.2) is 42.0 Å². The van der Waals surface area contributed by atoms with E-state index in [1.54, 1.807) is 7.11 Å². The van der Waals surface area contributed by atoms with Gasteiger partial charge in [-0.25, -0.2) is 9.59 Å². The van der Waals surface area contributed by atoms with E-state index in [1.807, 2.05) is 38.1 Å². The number of carbonyl (C=O) groups is 2. The maximum Gasteiger partial charge on any atom is 0.490 e. The third-order valence-electron chi connectivity index (χ3n) is 3.08. The van der Waals surface area contributed by atoms with Crippen molar-refractivity contribution in [2.24, 2.45) is 0 Å². The van der Waals surface area contributed by atoms with Crippen LogP contribution in [0.25, 0.3) is 0 Å². The van der Waals surface area contributed by atoms with Gasteiger partial charge in [-0.1, -0.05) is 18.7 Å². The fourth-order valence-electron chi connectivity index (χ4n) is 1.52. The first-order valence-electron chi connectivity index (χ1n) is 6.92. The summed E-state index contributed by atoms with van der Waals surface area (Å²) >= 11 is 0. The van der Waals surface area contributed by atoms with Crippen molar-refractivity contribution in [3.05, 3.63) is 42.0 Å². The number of rotatable bonds is 6. The molecule has 25 heavy (non-hydrogen) atoms. The topological polar surface area (TPSA) is 95.9 Å². The molecular formula is C16H20F3NO5. The number of methoxy groups -OCH3 is 1. The molecule has 0 aromatic heterocycles. The second-order valence-corrected chi connectivity index (χ2v) is 5.42. The average molecular weight is 363 g/mol. The van der Waals surface area contributed by atoms with Crippen molar-refractivity contribution in [3.8, 4) is 5.75 Å². The predicted octanol–water partition coefficient (Wildman–Crippen LogP) is 2.79. The molecule has 1 rings (SSSR count). The molecule has 1 aromatic rings. The molecule has 0 aliphatic heterocycles. The second-order valence-electron chi connectivity index (χ2n) is 5.42. The molecule has 6 nitrogen and oxygen atoms in total. The third-order valence-corrected chi connectivity index (χ3v) is 3.08. The highest BCUT2D eigenvalue weighted by atomic mass is 19.4. The predicted molar refractivity (Wildman–Crippen MR) is 84.5 cm³/mol. The maximum absolute atomic E-state index is 10.7. The van der Waals surface area contributed by atoms with Gasteiger partial charge in [-0.2, -0.15) is 13.2 Å². The Kier molecular flexibility index (Phi) is 8.14. The molecule has 9 heteroatoms. The molecule has 1 aromatic carbocycles. The summed E-state index contributed by atoms with van der Waals surface area (Å²) in [5.74, 6) is -2.96. The number of hydrogen-bond acceptors (Lipinski definition) is 4. The molecule has 0 radical (unpaired) electrons. The number of carboxylic acids is 2. The summed E-state index contributed by atoms with van der Waals surface area (Å²) in [4.78, 5) is 19.6. The Balaban J connectivity index is 0.000000697. The van der Waals surface area contributed by atoms with Gasteiger partial charge in [0.2, 0.25) is 0 Å². The van der Waals surface area contributed by atoms with Crippen molar-refractivity contribution < 1.29 is 37.7 Å². The van der Waals surface area contributed by atoms with Crippen molar-refractivity contribution in [1.29, 1.82) is 0 Å². The summed E-state index contributed by atoms with van der Waals surface area (Å²) in [5, 5.41) is 19.1. The number of hydrogen-bond donors (Lipinski definition) is 3. The van der Waals surface area contributed by atoms with Gasteiger partial charge in [0.05, 0.1) is 7.11 Å². The lowest BCUT2D eigenvalue weighted by Crippen LogP contribution is -2.38. The molecule has 0 fully saturated rings. The Hall–Kier alpha value is -2.55. The van der Waals surface area contributed by atoms with Gasteiger partial charge in [0.15, 0.2) is 0 Å². The Labute approximate surface area is 142 Å². The standard InChI is InChI=1S/C14H19NO3.C2HF3O2/c1-10(13(16)17)9-15-14(2,3)11-6-5-7-12(8-11)18-4;3-2(4,5)1(6)7/h5-8,15H,1,9H2,2-4H3,(H,16,17);(H,6,7). The number of carboxylic acid groups (broad SMARTS) is 2. The van der Waals surface area contributed by atoms with E-state index in [1.165, 1.54) is 0 Å². The van der Waals surface area contributed by atoms with Crippen LogP contribution in [0, 0.1) is 0 Å². The number of nitrogens with one attached hydrogen (secondary N) is 1. The molecule has 140 valence electrons. The first-order valence-corrected chi connectivity index (χ1v) is 6.92. The SMILES string of the molecule is C=C(CNC(C)(C)c1cccc(OC)c1)C(=O)O.O=C(O)C(F)(F)F. The highest BCUT2D eigenvalue weighted by molar-refractivity contribution is 5.86. The lowest BCUT2D eigenvalue weighted by atomic mass is 9.94. The van der Waals surface area contributed by atoms with Crippen LogP contribution in [0.4, 0.5) is 13.2 Å². The van der Waals surface area contributed by atoms with Crippen molar-refractivity contribution in [2.75, 3.05) is 13.7 Å². The molecule has 0 bridgehead atoms. The third kappa shape index (κ3) is 8.20. The summed E-state index contributed by atoms with van der Waals surface area (Å²) in [5.41, 5.74) is 0.818. The normalized spacial score (nSPS) is 11.1. The smallest absolute Gasteiger partial charge is 0.490 e. The lowest BCUT2D eigenvalue weighted by molar-refractivity contribution is -0.192. The van der Waals surface area contributed by atoms with Gasteiger partial charge < -0.3 is 20.3 Å². The average Bonchev–Trinajstić information content (AvgIpc) is 2.52. The van der Waals surface area contributed by atoms with E-state index in [-0.39, 0.29) is 17.7 Å². The van der Waals surface area contributed by atoms with Gasteiger partial charge in [-0.15, -0.1) is 0 Å². The molecule has 0 aliphatic carbocycles. The summed E-state index contributed by atoms with van der Waals surface area (Å²) < 4.78 is 36.9. The molecule has 0 amide bonds. The Bertz CT molecular complexity index is 626. The molecule has 0 aliphatic rings. The van der Waals surface area contributed by atoms with Crippen LogP contribution in [0.3, 0.4) is 0 Å². The van der Waals surface area contributed by atoms with Crippen LogP contribution in [0.2, 0.25) is 0 Å². The van der Waals surface area contributed by atoms with Crippen LogP contribution >= 0.6 is 0 Å². The van der Waals surface area contributed by atoms with Crippen molar-refractivity contribution in [1.82, 2.24) is 5.32 Å². The minimum Gasteiger partial charge on any atom is -0.497 e. The van der Waals surface area contributed by atoms with Gasteiger partial charge in [-0.3, -0.25) is 0 Å². The first kappa shape index (κ1) is 22.4. The molecule has 0 spiro atoms.